The van der Waals surface area contributed by atoms with Gasteiger partial charge < -0.3 is 18.6 Å². The topological polar surface area (TPSA) is 33.5 Å². The fourth-order valence-corrected chi connectivity index (χ4v) is 8.28. The number of allylic oxidation sites excluding steroid dienone is 9. The molecule has 2 aromatic heterocycles. The molecular weight excluding hydrogens is 747 g/mol. The van der Waals surface area contributed by atoms with Crippen LogP contribution in [-0.2, 0) is 0 Å². The van der Waals surface area contributed by atoms with Crippen LogP contribution in [0.25, 0.3) is 66.8 Å². The third kappa shape index (κ3) is 7.38. The lowest BCUT2D eigenvalue weighted by atomic mass is 9.99. The molecule has 61 heavy (non-hydrogen) atoms. The van der Waals surface area contributed by atoms with Gasteiger partial charge in [-0.25, -0.2) is 4.58 Å². The molecule has 5 heteroatoms. The summed E-state index contributed by atoms with van der Waals surface area (Å²) in [5, 5.41) is 3.55. The maximum atomic E-state index is 6.51. The van der Waals surface area contributed by atoms with E-state index < -0.39 is 0 Å². The summed E-state index contributed by atoms with van der Waals surface area (Å²) in [4.78, 5) is 2.10. The molecule has 5 nitrogen and oxygen atoms in total. The van der Waals surface area contributed by atoms with E-state index in [0.29, 0.717) is 0 Å². The SMILES string of the molecule is C=C1/C=C(n2c3ccccc3c3ccccc32)\C=C/Oc2ccccc21.C=C1/C=C\C=C/N(C)c2ccc3c(C=[N+](C)c4ccccc4-c4ccccc4)c(/C=C\C)oc3c21. The van der Waals surface area contributed by atoms with Crippen LogP contribution >= 0.6 is 0 Å². The smallest absolute Gasteiger partial charge is 0.212 e. The lowest BCUT2D eigenvalue weighted by Crippen LogP contribution is -2.10. The summed E-state index contributed by atoms with van der Waals surface area (Å²) in [5.74, 6) is 1.66. The van der Waals surface area contributed by atoms with Gasteiger partial charge in [-0.2, -0.15) is 0 Å². The lowest BCUT2D eigenvalue weighted by molar-refractivity contribution is -0.398. The summed E-state index contributed by atoms with van der Waals surface area (Å²) in [6.45, 7) is 10.6. The van der Waals surface area contributed by atoms with Gasteiger partial charge in [0.25, 0.3) is 0 Å². The molecule has 0 atom stereocenters. The average Bonchev–Trinajstić information content (AvgIpc) is 3.81. The van der Waals surface area contributed by atoms with Gasteiger partial charge in [0.15, 0.2) is 6.21 Å². The van der Waals surface area contributed by atoms with E-state index in [4.69, 9.17) is 9.15 Å². The fourth-order valence-electron chi connectivity index (χ4n) is 8.28. The molecule has 2 aliphatic rings. The molecule has 10 rings (SSSR count). The first-order valence-corrected chi connectivity index (χ1v) is 20.4. The van der Waals surface area contributed by atoms with Gasteiger partial charge in [0, 0.05) is 52.3 Å². The van der Waals surface area contributed by atoms with E-state index in [0.717, 1.165) is 67.4 Å². The number of ether oxygens (including phenoxy) is 1. The van der Waals surface area contributed by atoms with Crippen molar-refractivity contribution in [2.24, 2.45) is 0 Å². The van der Waals surface area contributed by atoms with E-state index in [1.165, 1.54) is 32.9 Å². The molecule has 0 spiro atoms. The molecule has 0 aliphatic carbocycles. The van der Waals surface area contributed by atoms with Crippen molar-refractivity contribution in [1.82, 2.24) is 4.57 Å². The normalized spacial score (nSPS) is 16.3. The van der Waals surface area contributed by atoms with Gasteiger partial charge >= 0.3 is 0 Å². The van der Waals surface area contributed by atoms with E-state index in [-0.39, 0.29) is 0 Å². The Morgan fingerprint density at radius 3 is 2.08 bits per heavy atom. The molecule has 0 bridgehead atoms. The van der Waals surface area contributed by atoms with E-state index >= 15 is 0 Å². The van der Waals surface area contributed by atoms with Crippen molar-refractivity contribution in [1.29, 1.82) is 0 Å². The Kier molecular flexibility index (Phi) is 10.6. The number of nitrogens with zero attached hydrogens (tertiary/aromatic N) is 3. The molecule has 0 unspecified atom stereocenters. The van der Waals surface area contributed by atoms with Crippen molar-refractivity contribution in [3.63, 3.8) is 0 Å². The summed E-state index contributed by atoms with van der Waals surface area (Å²) in [6, 6.07) is 48.2. The molecule has 2 aliphatic heterocycles. The molecule has 6 aromatic carbocycles. The fraction of sp³-hybridized carbons (Fsp3) is 0.0536. The highest BCUT2D eigenvalue weighted by Crippen LogP contribution is 2.40. The van der Waals surface area contributed by atoms with E-state index in [1.54, 1.807) is 6.26 Å². The van der Waals surface area contributed by atoms with Crippen molar-refractivity contribution >= 4 is 73.3 Å². The van der Waals surface area contributed by atoms with Crippen LogP contribution in [0.3, 0.4) is 0 Å². The first-order chi connectivity index (χ1) is 29.9. The molecule has 0 N–H and O–H groups in total. The zero-order valence-corrected chi connectivity index (χ0v) is 34.6. The minimum atomic E-state index is 0.825. The van der Waals surface area contributed by atoms with Gasteiger partial charge in [-0.3, -0.25) is 0 Å². The molecule has 296 valence electrons. The molecular formula is C56H46N3O2+. The maximum absolute atomic E-state index is 6.51. The van der Waals surface area contributed by atoms with Crippen LogP contribution in [0.15, 0.2) is 206 Å². The third-order valence-electron chi connectivity index (χ3n) is 11.2. The van der Waals surface area contributed by atoms with E-state index in [1.807, 2.05) is 87.0 Å². The highest BCUT2D eigenvalue weighted by Gasteiger charge is 2.23. The Labute approximate surface area is 357 Å². The van der Waals surface area contributed by atoms with Crippen LogP contribution < -0.4 is 9.64 Å². The van der Waals surface area contributed by atoms with Gasteiger partial charge in [0.05, 0.1) is 34.1 Å². The number of aromatic nitrogens is 1. The number of anilines is 1. The molecule has 4 heterocycles. The number of fused-ring (bicyclic) bond motifs is 7. The Hall–Kier alpha value is -7.89. The second kappa shape index (κ2) is 16.8. The summed E-state index contributed by atoms with van der Waals surface area (Å²) in [5.41, 5.74) is 13.7. The highest BCUT2D eigenvalue weighted by molar-refractivity contribution is 6.11. The maximum Gasteiger partial charge on any atom is 0.212 e. The van der Waals surface area contributed by atoms with Crippen LogP contribution in [0.4, 0.5) is 11.4 Å². The first-order valence-electron chi connectivity index (χ1n) is 20.4. The molecule has 0 amide bonds. The average molecular weight is 793 g/mol. The summed E-state index contributed by atoms with van der Waals surface area (Å²) in [6.07, 6.45) is 20.2. The minimum Gasteiger partial charge on any atom is -0.464 e. The van der Waals surface area contributed by atoms with Gasteiger partial charge in [0.1, 0.15) is 24.1 Å². The molecule has 8 aromatic rings. The van der Waals surface area contributed by atoms with Crippen molar-refractivity contribution in [2.75, 3.05) is 19.0 Å². The molecule has 0 saturated heterocycles. The largest absolute Gasteiger partial charge is 0.464 e. The van der Waals surface area contributed by atoms with E-state index in [9.17, 15) is 0 Å². The van der Waals surface area contributed by atoms with Crippen LogP contribution in [0.1, 0.15) is 29.4 Å². The Bertz CT molecular complexity index is 3130. The predicted molar refractivity (Wildman–Crippen MR) is 258 cm³/mol. The van der Waals surface area contributed by atoms with Gasteiger partial charge in [0.2, 0.25) is 5.69 Å². The van der Waals surface area contributed by atoms with Gasteiger partial charge in [-0.15, -0.1) is 0 Å². The summed E-state index contributed by atoms with van der Waals surface area (Å²) < 4.78 is 16.8. The Morgan fingerprint density at radius 1 is 0.656 bits per heavy atom. The standard InChI is InChI=1S/C32H29N2O.C24H17NO/c1-5-13-30-27(22-34(4)28-18-10-9-17-25(28)24-15-7-6-8-16-24)26-19-20-29-31(32(26)35-30)23(2)14-11-12-21-33(29)3;1-17-16-18(14-15-26-24-13-7-4-8-19(17)24)25-22-11-5-2-9-20(22)21-10-3-6-12-23(21)25/h5-22H,2H2,1,3-4H3;2-16H,1H2/q+1;/b13-5-,14-11-,21-12-,34-22?;15-14-,18-16+. The van der Waals surface area contributed by atoms with E-state index in [2.05, 4.69) is 156 Å². The third-order valence-corrected chi connectivity index (χ3v) is 11.2. The Balaban J connectivity index is 0.000000163. The highest BCUT2D eigenvalue weighted by atomic mass is 16.5. The zero-order chi connectivity index (χ0) is 41.9. The monoisotopic (exact) mass is 792 g/mol. The van der Waals surface area contributed by atoms with Crippen LogP contribution in [0.5, 0.6) is 5.75 Å². The first kappa shape index (κ1) is 38.6. The number of hydrogen-bond acceptors (Lipinski definition) is 3. The van der Waals surface area contributed by atoms with Gasteiger partial charge in [-0.1, -0.05) is 128 Å². The van der Waals surface area contributed by atoms with Crippen molar-refractivity contribution in [3.8, 4) is 16.9 Å². The van der Waals surface area contributed by atoms with Crippen molar-refractivity contribution in [3.05, 3.63) is 224 Å². The number of rotatable bonds is 5. The minimum absolute atomic E-state index is 0.825. The number of para-hydroxylation sites is 4. The van der Waals surface area contributed by atoms with Crippen LogP contribution in [-0.4, -0.2) is 29.5 Å². The second-order valence-electron chi connectivity index (χ2n) is 15.1. The lowest BCUT2D eigenvalue weighted by Gasteiger charge is -2.20. The molecule has 0 radical (unpaired) electrons. The Morgan fingerprint density at radius 2 is 1.33 bits per heavy atom. The van der Waals surface area contributed by atoms with Crippen molar-refractivity contribution in [2.45, 2.75) is 6.92 Å². The van der Waals surface area contributed by atoms with Crippen LogP contribution in [0.2, 0.25) is 0 Å². The molecule has 0 fully saturated rings. The summed E-state index contributed by atoms with van der Waals surface area (Å²) >= 11 is 0. The quantitative estimate of drug-likeness (QED) is 0.129. The molecule has 0 saturated carbocycles. The van der Waals surface area contributed by atoms with Gasteiger partial charge in [-0.05, 0) is 84.3 Å². The number of hydrogen-bond donors (Lipinski definition) is 0. The predicted octanol–water partition coefficient (Wildman–Crippen LogP) is 14.3. The van der Waals surface area contributed by atoms with Crippen molar-refractivity contribution < 1.29 is 13.7 Å². The number of benzene rings is 6. The van der Waals surface area contributed by atoms with Crippen LogP contribution in [0, 0.1) is 0 Å². The zero-order valence-electron chi connectivity index (χ0n) is 34.6. The number of furan rings is 1. The second-order valence-corrected chi connectivity index (χ2v) is 15.1. The summed E-state index contributed by atoms with van der Waals surface area (Å²) in [7, 11) is 4.14.